The number of benzene rings is 1. The highest BCUT2D eigenvalue weighted by molar-refractivity contribution is 7.14. The van der Waals surface area contributed by atoms with E-state index in [-0.39, 0.29) is 10.7 Å². The molecule has 1 aromatic carbocycles. The van der Waals surface area contributed by atoms with Gasteiger partial charge in [-0.25, -0.2) is 4.98 Å². The van der Waals surface area contributed by atoms with Crippen LogP contribution in [0.25, 0.3) is 17.0 Å². The Hall–Kier alpha value is -3.00. The van der Waals surface area contributed by atoms with Gasteiger partial charge in [-0.2, -0.15) is 13.2 Å². The number of aromatic nitrogens is 2. The van der Waals surface area contributed by atoms with Crippen LogP contribution < -0.4 is 5.32 Å². The van der Waals surface area contributed by atoms with Gasteiger partial charge < -0.3 is 0 Å². The lowest BCUT2D eigenvalue weighted by molar-refractivity contribution is -0.112. The summed E-state index contributed by atoms with van der Waals surface area (Å²) in [5.41, 5.74) is 0.0506. The molecule has 8 heteroatoms. The van der Waals surface area contributed by atoms with Crippen molar-refractivity contribution < 1.29 is 18.0 Å². The van der Waals surface area contributed by atoms with Crippen molar-refractivity contribution in [2.24, 2.45) is 0 Å². The Labute approximate surface area is 151 Å². The lowest BCUT2D eigenvalue weighted by atomic mass is 10.1. The largest absolute Gasteiger partial charge is 0.417 e. The van der Waals surface area contributed by atoms with Crippen molar-refractivity contribution >= 4 is 27.9 Å². The molecule has 132 valence electrons. The molecule has 1 amide bonds. The minimum absolute atomic E-state index is 0.0801. The maximum absolute atomic E-state index is 13.3. The molecule has 2 heterocycles. The Morgan fingerprint density at radius 3 is 2.42 bits per heavy atom. The van der Waals surface area contributed by atoms with Crippen molar-refractivity contribution in [1.29, 1.82) is 0 Å². The van der Waals surface area contributed by atoms with Crippen LogP contribution >= 0.6 is 11.3 Å². The summed E-state index contributed by atoms with van der Waals surface area (Å²) in [5, 5.41) is 4.23. The normalized spacial score (nSPS) is 12.0. The third-order valence-corrected chi connectivity index (χ3v) is 4.08. The average Bonchev–Trinajstić information content (AvgIpc) is 3.09. The van der Waals surface area contributed by atoms with Gasteiger partial charge in [-0.05, 0) is 17.7 Å². The van der Waals surface area contributed by atoms with E-state index in [1.165, 1.54) is 24.3 Å². The van der Waals surface area contributed by atoms with Crippen LogP contribution in [0.5, 0.6) is 0 Å². The quantitative estimate of drug-likeness (QED) is 0.667. The van der Waals surface area contributed by atoms with Crippen LogP contribution in [0.15, 0.2) is 66.2 Å². The van der Waals surface area contributed by atoms with Gasteiger partial charge in [0.15, 0.2) is 5.13 Å². The zero-order chi connectivity index (χ0) is 18.6. The summed E-state index contributed by atoms with van der Waals surface area (Å²) in [6.07, 6.45) is -2.51. The lowest BCUT2D eigenvalue weighted by Gasteiger charge is -2.11. The van der Waals surface area contributed by atoms with Gasteiger partial charge in [0.25, 0.3) is 5.91 Å². The van der Waals surface area contributed by atoms with Gasteiger partial charge in [-0.1, -0.05) is 36.4 Å². The van der Waals surface area contributed by atoms with E-state index < -0.39 is 17.7 Å². The molecule has 0 spiro atoms. The van der Waals surface area contributed by atoms with Gasteiger partial charge >= 0.3 is 6.18 Å². The summed E-state index contributed by atoms with van der Waals surface area (Å²) in [4.78, 5) is 20.4. The van der Waals surface area contributed by atoms with Crippen molar-refractivity contribution in [3.8, 4) is 11.4 Å². The summed E-state index contributed by atoms with van der Waals surface area (Å²) < 4.78 is 39.8. The van der Waals surface area contributed by atoms with Gasteiger partial charge in [-0.3, -0.25) is 15.1 Å². The molecule has 0 unspecified atom stereocenters. The number of hydrogen-bond acceptors (Lipinski definition) is 4. The first kappa shape index (κ1) is 17.8. The number of allylic oxidation sites excluding steroid dienone is 1. The van der Waals surface area contributed by atoms with E-state index in [0.717, 1.165) is 11.3 Å². The Morgan fingerprint density at radius 2 is 1.77 bits per heavy atom. The molecule has 0 fully saturated rings. The number of rotatable bonds is 4. The number of pyridine rings is 1. The fourth-order valence-electron chi connectivity index (χ4n) is 2.18. The molecule has 3 rings (SSSR count). The van der Waals surface area contributed by atoms with Crippen LogP contribution in [0.3, 0.4) is 0 Å². The summed E-state index contributed by atoms with van der Waals surface area (Å²) in [7, 11) is 0. The van der Waals surface area contributed by atoms with Gasteiger partial charge in [-0.15, -0.1) is 11.3 Å². The molecular weight excluding hydrogens is 363 g/mol. The topological polar surface area (TPSA) is 54.9 Å². The highest BCUT2D eigenvalue weighted by Gasteiger charge is 2.35. The Morgan fingerprint density at radius 1 is 1.04 bits per heavy atom. The molecule has 3 aromatic rings. The molecule has 0 bridgehead atoms. The van der Waals surface area contributed by atoms with E-state index in [0.29, 0.717) is 17.5 Å². The maximum atomic E-state index is 13.3. The number of anilines is 1. The van der Waals surface area contributed by atoms with Gasteiger partial charge in [0.1, 0.15) is 5.69 Å². The molecule has 0 saturated heterocycles. The zero-order valence-electron chi connectivity index (χ0n) is 13.2. The van der Waals surface area contributed by atoms with E-state index >= 15 is 0 Å². The predicted molar refractivity (Wildman–Crippen MR) is 94.4 cm³/mol. The van der Waals surface area contributed by atoms with Crippen LogP contribution in [0, 0.1) is 0 Å². The fraction of sp³-hybridized carbons (Fsp3) is 0.0556. The molecule has 2 aromatic heterocycles. The van der Waals surface area contributed by atoms with Gasteiger partial charge in [0, 0.05) is 17.7 Å². The second-order valence-electron chi connectivity index (χ2n) is 5.16. The first-order valence-electron chi connectivity index (χ1n) is 7.46. The van der Waals surface area contributed by atoms with Gasteiger partial charge in [0.2, 0.25) is 0 Å². The minimum Gasteiger partial charge on any atom is -0.298 e. The highest BCUT2D eigenvalue weighted by Crippen LogP contribution is 2.33. The number of carbonyl (C=O) groups is 1. The number of thiazole rings is 1. The van der Waals surface area contributed by atoms with E-state index in [9.17, 15) is 18.0 Å². The van der Waals surface area contributed by atoms with Crippen LogP contribution in [0.4, 0.5) is 18.3 Å². The third-order valence-electron chi connectivity index (χ3n) is 3.33. The monoisotopic (exact) mass is 375 g/mol. The molecule has 0 radical (unpaired) electrons. The van der Waals surface area contributed by atoms with E-state index in [1.807, 2.05) is 0 Å². The second kappa shape index (κ2) is 7.49. The maximum Gasteiger partial charge on any atom is 0.417 e. The Kier molecular flexibility index (Phi) is 5.13. The molecule has 0 aliphatic carbocycles. The van der Waals surface area contributed by atoms with Crippen LogP contribution in [0.2, 0.25) is 0 Å². The number of alkyl halides is 3. The zero-order valence-corrected chi connectivity index (χ0v) is 14.0. The number of halogens is 3. The molecule has 0 atom stereocenters. The number of nitrogens with one attached hydrogen (secondary N) is 1. The Bertz CT molecular complexity index is 922. The second-order valence-corrected chi connectivity index (χ2v) is 6.02. The van der Waals surface area contributed by atoms with E-state index in [2.05, 4.69) is 15.3 Å². The summed E-state index contributed by atoms with van der Waals surface area (Å²) in [5.74, 6) is -0.900. The fourth-order valence-corrected chi connectivity index (χ4v) is 2.89. The summed E-state index contributed by atoms with van der Waals surface area (Å²) >= 11 is 1.11. The van der Waals surface area contributed by atoms with Crippen molar-refractivity contribution in [2.45, 2.75) is 6.18 Å². The molecule has 0 aliphatic rings. The predicted octanol–water partition coefficient (Wildman–Crippen LogP) is 4.79. The summed E-state index contributed by atoms with van der Waals surface area (Å²) in [6, 6.07) is 12.5. The van der Waals surface area contributed by atoms with Gasteiger partial charge in [0.05, 0.1) is 11.3 Å². The number of nitrogens with zero attached hydrogens (tertiary/aromatic N) is 2. The highest BCUT2D eigenvalue weighted by atomic mass is 32.1. The van der Waals surface area contributed by atoms with Crippen LogP contribution in [0.1, 0.15) is 5.56 Å². The lowest BCUT2D eigenvalue weighted by Crippen LogP contribution is -2.16. The molecular formula is C18H12F3N3OS. The summed E-state index contributed by atoms with van der Waals surface area (Å²) in [6.45, 7) is 0. The van der Waals surface area contributed by atoms with Crippen molar-refractivity contribution in [3.05, 3.63) is 71.7 Å². The SMILES string of the molecule is O=C(/C=C(\c1ccccc1)C(F)(F)F)Nc1nc(-c2ccccn2)cs1. The number of hydrogen-bond donors (Lipinski definition) is 1. The van der Waals surface area contributed by atoms with Crippen molar-refractivity contribution in [2.75, 3.05) is 5.32 Å². The third kappa shape index (κ3) is 4.34. The average molecular weight is 375 g/mol. The number of amides is 1. The Balaban J connectivity index is 1.81. The minimum atomic E-state index is -4.65. The number of carbonyl (C=O) groups excluding carboxylic acids is 1. The first-order valence-corrected chi connectivity index (χ1v) is 8.33. The first-order chi connectivity index (χ1) is 12.4. The molecule has 26 heavy (non-hydrogen) atoms. The van der Waals surface area contributed by atoms with Crippen LogP contribution in [-0.2, 0) is 4.79 Å². The molecule has 0 saturated carbocycles. The molecule has 1 N–H and O–H groups in total. The molecule has 0 aliphatic heterocycles. The van der Waals surface area contributed by atoms with Crippen molar-refractivity contribution in [3.63, 3.8) is 0 Å². The van der Waals surface area contributed by atoms with E-state index in [1.54, 1.807) is 35.8 Å². The molecule has 4 nitrogen and oxygen atoms in total. The van der Waals surface area contributed by atoms with E-state index in [4.69, 9.17) is 0 Å². The van der Waals surface area contributed by atoms with Crippen molar-refractivity contribution in [1.82, 2.24) is 9.97 Å². The van der Waals surface area contributed by atoms with Crippen LogP contribution in [-0.4, -0.2) is 22.1 Å². The smallest absolute Gasteiger partial charge is 0.298 e. The standard InChI is InChI=1S/C18H12F3N3OS/c19-18(20,21)13(12-6-2-1-3-7-12)10-16(25)24-17-23-15(11-26-17)14-8-4-5-9-22-14/h1-11H,(H,23,24,25)/b13-10+.